The van der Waals surface area contributed by atoms with Gasteiger partial charge in [-0.05, 0) is 41.7 Å². The van der Waals surface area contributed by atoms with Crippen molar-refractivity contribution < 1.29 is 29.9 Å². The first-order chi connectivity index (χ1) is 14.8. The van der Waals surface area contributed by atoms with Gasteiger partial charge in [-0.2, -0.15) is 0 Å². The third kappa shape index (κ3) is 3.60. The highest BCUT2D eigenvalue weighted by atomic mass is 35.5. The predicted molar refractivity (Wildman–Crippen MR) is 114 cm³/mol. The van der Waals surface area contributed by atoms with Crippen molar-refractivity contribution in [2.75, 3.05) is 13.2 Å². The molecule has 2 aliphatic heterocycles. The van der Waals surface area contributed by atoms with Gasteiger partial charge in [-0.25, -0.2) is 0 Å². The summed E-state index contributed by atoms with van der Waals surface area (Å²) in [6.45, 7) is 1.19. The lowest BCUT2D eigenvalue weighted by molar-refractivity contribution is -0.329. The van der Waals surface area contributed by atoms with Gasteiger partial charge in [0, 0.05) is 16.3 Å². The zero-order chi connectivity index (χ0) is 22.4. The molecule has 8 heteroatoms. The molecule has 166 valence electrons. The minimum Gasteiger partial charge on any atom is -0.393 e. The fraction of sp³-hybridized carbons (Fsp3) is 0.435. The van der Waals surface area contributed by atoms with Crippen molar-refractivity contribution >= 4 is 17.3 Å². The van der Waals surface area contributed by atoms with Crippen LogP contribution in [0.25, 0.3) is 0 Å². The summed E-state index contributed by atoms with van der Waals surface area (Å²) in [7, 11) is 0. The summed E-state index contributed by atoms with van der Waals surface area (Å²) in [6.07, 6.45) is -3.44. The first-order valence-corrected chi connectivity index (χ1v) is 10.6. The van der Waals surface area contributed by atoms with E-state index >= 15 is 0 Å². The van der Waals surface area contributed by atoms with Crippen LogP contribution in [-0.2, 0) is 21.7 Å². The molecular weight excluding hydrogens is 422 g/mol. The second-order valence-corrected chi connectivity index (χ2v) is 8.58. The van der Waals surface area contributed by atoms with Crippen molar-refractivity contribution in [1.29, 1.82) is 5.41 Å². The maximum atomic E-state index is 10.7. The van der Waals surface area contributed by atoms with Crippen LogP contribution in [0, 0.1) is 5.41 Å². The molecule has 2 aromatic rings. The lowest BCUT2D eigenvalue weighted by atomic mass is 9.83. The van der Waals surface area contributed by atoms with E-state index in [0.717, 1.165) is 16.7 Å². The van der Waals surface area contributed by atoms with Crippen molar-refractivity contribution in [1.82, 2.24) is 0 Å². The number of ether oxygens (including phenoxy) is 2. The van der Waals surface area contributed by atoms with E-state index in [2.05, 4.69) is 0 Å². The van der Waals surface area contributed by atoms with Crippen LogP contribution in [0.5, 0.6) is 0 Å². The topological polar surface area (TPSA) is 123 Å². The van der Waals surface area contributed by atoms with Crippen LogP contribution < -0.4 is 0 Å². The van der Waals surface area contributed by atoms with Crippen LogP contribution in [0.2, 0.25) is 5.02 Å². The quantitative estimate of drug-likeness (QED) is 0.430. The van der Waals surface area contributed by atoms with E-state index < -0.39 is 36.3 Å². The van der Waals surface area contributed by atoms with Crippen LogP contribution in [0.4, 0.5) is 0 Å². The summed E-state index contributed by atoms with van der Waals surface area (Å²) in [4.78, 5) is 0. The van der Waals surface area contributed by atoms with Gasteiger partial charge in [-0.1, -0.05) is 48.9 Å². The molecule has 0 radical (unpaired) electrons. The van der Waals surface area contributed by atoms with E-state index in [1.807, 2.05) is 31.2 Å². The highest BCUT2D eigenvalue weighted by Gasteiger charge is 2.67. The zero-order valence-electron chi connectivity index (χ0n) is 17.1. The standard InChI is InChI=1S/C23H26ClNO6/c1-2-18(25)14-5-3-13(4-6-14)9-15-10-16(7-8-17(15)24)23-21(29)19(27)20(28)22(11-26,31-23)12-30-23/h3-8,10,19-21,25-29H,2,9,11-12H2,1H3/t19-,20-,21+,22-,23-/m0/s1. The summed E-state index contributed by atoms with van der Waals surface area (Å²) in [5, 5.41) is 49.6. The fourth-order valence-electron chi connectivity index (χ4n) is 4.25. The molecule has 2 bridgehead atoms. The van der Waals surface area contributed by atoms with Crippen molar-refractivity contribution in [3.05, 3.63) is 69.7 Å². The zero-order valence-corrected chi connectivity index (χ0v) is 17.8. The van der Waals surface area contributed by atoms with E-state index in [-0.39, 0.29) is 6.61 Å². The first-order valence-electron chi connectivity index (χ1n) is 10.2. The number of hydrogen-bond acceptors (Lipinski definition) is 7. The van der Waals surface area contributed by atoms with Gasteiger partial charge in [0.1, 0.15) is 23.9 Å². The smallest absolute Gasteiger partial charge is 0.225 e. The number of halogens is 1. The van der Waals surface area contributed by atoms with E-state index in [9.17, 15) is 20.4 Å². The second kappa shape index (κ2) is 8.26. The number of aliphatic hydroxyl groups excluding tert-OH is 4. The Hall–Kier alpha value is -1.84. The Labute approximate surface area is 185 Å². The average molecular weight is 448 g/mol. The Balaban J connectivity index is 1.66. The van der Waals surface area contributed by atoms with Gasteiger partial charge in [0.15, 0.2) is 0 Å². The molecule has 5 N–H and O–H groups in total. The molecule has 0 saturated carbocycles. The molecule has 31 heavy (non-hydrogen) atoms. The van der Waals surface area contributed by atoms with Crippen molar-refractivity contribution in [2.45, 2.75) is 49.5 Å². The van der Waals surface area contributed by atoms with Crippen molar-refractivity contribution in [3.63, 3.8) is 0 Å². The molecule has 2 saturated heterocycles. The molecule has 0 aliphatic carbocycles. The van der Waals surface area contributed by atoms with E-state index in [1.165, 1.54) is 0 Å². The number of hydrogen-bond donors (Lipinski definition) is 5. The Kier molecular flexibility index (Phi) is 5.95. The Bertz CT molecular complexity index is 983. The largest absolute Gasteiger partial charge is 0.393 e. The van der Waals surface area contributed by atoms with Crippen LogP contribution in [0.15, 0.2) is 42.5 Å². The minimum absolute atomic E-state index is 0.179. The highest BCUT2D eigenvalue weighted by molar-refractivity contribution is 6.31. The molecule has 0 spiro atoms. The molecule has 2 fully saturated rings. The molecule has 2 aliphatic rings. The molecule has 0 unspecified atom stereocenters. The van der Waals surface area contributed by atoms with Gasteiger partial charge in [-0.15, -0.1) is 0 Å². The van der Waals surface area contributed by atoms with Crippen LogP contribution in [0.1, 0.15) is 35.6 Å². The molecule has 4 rings (SSSR count). The van der Waals surface area contributed by atoms with Crippen LogP contribution in [0.3, 0.4) is 0 Å². The summed E-state index contributed by atoms with van der Waals surface area (Å²) in [6, 6.07) is 12.7. The molecule has 0 amide bonds. The van der Waals surface area contributed by atoms with E-state index in [0.29, 0.717) is 29.1 Å². The number of fused-ring (bicyclic) bond motifs is 2. The second-order valence-electron chi connectivity index (χ2n) is 8.17. The third-order valence-electron chi connectivity index (χ3n) is 6.23. The van der Waals surface area contributed by atoms with Crippen molar-refractivity contribution in [3.8, 4) is 0 Å². The maximum absolute atomic E-state index is 10.7. The third-order valence-corrected chi connectivity index (χ3v) is 6.60. The predicted octanol–water partition coefficient (Wildman–Crippen LogP) is 1.74. The van der Waals surface area contributed by atoms with Gasteiger partial charge >= 0.3 is 0 Å². The van der Waals surface area contributed by atoms with Gasteiger partial charge in [0.2, 0.25) is 5.79 Å². The summed E-state index contributed by atoms with van der Waals surface area (Å²) < 4.78 is 11.7. The monoisotopic (exact) mass is 447 g/mol. The molecule has 2 heterocycles. The highest BCUT2D eigenvalue weighted by Crippen LogP contribution is 2.49. The van der Waals surface area contributed by atoms with E-state index in [1.54, 1.807) is 18.2 Å². The first kappa shape index (κ1) is 22.4. The lowest BCUT2D eigenvalue weighted by Gasteiger charge is -2.46. The number of aliphatic hydroxyl groups is 4. The summed E-state index contributed by atoms with van der Waals surface area (Å²) in [5.74, 6) is -1.72. The molecule has 0 aromatic heterocycles. The molecule has 5 atom stereocenters. The fourth-order valence-corrected chi connectivity index (χ4v) is 4.43. The lowest BCUT2D eigenvalue weighted by Crippen LogP contribution is -2.65. The van der Waals surface area contributed by atoms with Crippen LogP contribution >= 0.6 is 11.6 Å². The Morgan fingerprint density at radius 3 is 2.48 bits per heavy atom. The minimum atomic E-state index is -1.72. The average Bonchev–Trinajstić information content (AvgIpc) is 3.18. The summed E-state index contributed by atoms with van der Waals surface area (Å²) >= 11 is 6.42. The maximum Gasteiger partial charge on any atom is 0.225 e. The van der Waals surface area contributed by atoms with E-state index in [4.69, 9.17) is 26.5 Å². The summed E-state index contributed by atoms with van der Waals surface area (Å²) in [5.41, 5.74) is 2.11. The number of nitrogens with one attached hydrogen (secondary N) is 1. The molecular formula is C23H26ClNO6. The van der Waals surface area contributed by atoms with Gasteiger partial charge in [0.25, 0.3) is 0 Å². The molecule has 7 nitrogen and oxygen atoms in total. The number of rotatable bonds is 6. The Morgan fingerprint density at radius 1 is 1.13 bits per heavy atom. The van der Waals surface area contributed by atoms with Gasteiger partial charge in [0.05, 0.1) is 13.2 Å². The molecule has 2 aromatic carbocycles. The van der Waals surface area contributed by atoms with Crippen molar-refractivity contribution in [2.24, 2.45) is 0 Å². The van der Waals surface area contributed by atoms with Crippen LogP contribution in [-0.4, -0.2) is 63.3 Å². The number of benzene rings is 2. The van der Waals surface area contributed by atoms with Gasteiger partial charge < -0.3 is 35.3 Å². The Morgan fingerprint density at radius 2 is 1.84 bits per heavy atom. The SMILES string of the molecule is CCC(=N)c1ccc(Cc2cc([C@]34OC[C@](CO)(O3)[C@@H](O)[C@H](O)[C@H]4O)ccc2Cl)cc1. The normalized spacial score (nSPS) is 32.3. The van der Waals surface area contributed by atoms with Gasteiger partial charge in [-0.3, -0.25) is 0 Å².